The van der Waals surface area contributed by atoms with Crippen LogP contribution in [0.25, 0.3) is 0 Å². The van der Waals surface area contributed by atoms with Gasteiger partial charge in [-0.3, -0.25) is 4.79 Å². The van der Waals surface area contributed by atoms with Crippen molar-refractivity contribution < 1.29 is 4.79 Å². The molecule has 13 heavy (non-hydrogen) atoms. The average molecular weight is 242 g/mol. The fraction of sp³-hybridized carbons (Fsp3) is 0.300. The maximum atomic E-state index is 11.2. The molecule has 2 nitrogen and oxygen atoms in total. The van der Waals surface area contributed by atoms with E-state index in [2.05, 4.69) is 21.2 Å². The summed E-state index contributed by atoms with van der Waals surface area (Å²) in [5, 5.41) is 2.60. The number of benzene rings is 1. The fourth-order valence-corrected chi connectivity index (χ4v) is 1.67. The summed E-state index contributed by atoms with van der Waals surface area (Å²) in [5.41, 5.74) is 1.16. The molecule has 1 atom stereocenters. The lowest BCUT2D eigenvalue weighted by atomic mass is 10.1. The fourth-order valence-electron chi connectivity index (χ4n) is 1.07. The zero-order valence-electron chi connectivity index (χ0n) is 7.46. The highest BCUT2D eigenvalue weighted by Crippen LogP contribution is 2.09. The normalized spacial score (nSPS) is 12.2. The monoisotopic (exact) mass is 241 g/mol. The molecule has 0 spiro atoms. The third-order valence-electron chi connectivity index (χ3n) is 1.79. The lowest BCUT2D eigenvalue weighted by Crippen LogP contribution is -2.28. The zero-order valence-corrected chi connectivity index (χ0v) is 9.04. The van der Waals surface area contributed by atoms with Crippen LogP contribution in [-0.4, -0.2) is 17.8 Å². The first-order valence-electron chi connectivity index (χ1n) is 4.13. The third kappa shape index (κ3) is 3.19. The van der Waals surface area contributed by atoms with E-state index in [0.717, 1.165) is 12.0 Å². The first-order valence-corrected chi connectivity index (χ1v) is 5.05. The van der Waals surface area contributed by atoms with Crippen LogP contribution in [0.1, 0.15) is 5.56 Å². The Hall–Kier alpha value is -0.830. The smallest absolute Gasteiger partial charge is 0.233 e. The molecule has 0 radical (unpaired) electrons. The molecular formula is C10H12BrNO. The second-order valence-corrected chi connectivity index (χ2v) is 3.88. The Morgan fingerprint density at radius 1 is 1.46 bits per heavy atom. The Kier molecular flexibility index (Phi) is 3.96. The van der Waals surface area contributed by atoms with Crippen LogP contribution in [0.5, 0.6) is 0 Å². The highest BCUT2D eigenvalue weighted by Gasteiger charge is 2.12. The molecule has 1 aromatic rings. The van der Waals surface area contributed by atoms with E-state index < -0.39 is 0 Å². The SMILES string of the molecule is CNC(=O)[C@H](Br)Cc1ccccc1. The first kappa shape index (κ1) is 10.3. The highest BCUT2D eigenvalue weighted by molar-refractivity contribution is 9.10. The minimum absolute atomic E-state index is 0.0175. The van der Waals surface area contributed by atoms with Gasteiger partial charge in [0.05, 0.1) is 4.83 Å². The number of carbonyl (C=O) groups is 1. The van der Waals surface area contributed by atoms with Crippen molar-refractivity contribution in [1.29, 1.82) is 0 Å². The molecule has 0 aliphatic rings. The molecule has 1 aromatic carbocycles. The minimum Gasteiger partial charge on any atom is -0.358 e. The van der Waals surface area contributed by atoms with Crippen LogP contribution < -0.4 is 5.32 Å². The Morgan fingerprint density at radius 3 is 2.62 bits per heavy atom. The van der Waals surface area contributed by atoms with Crippen LogP contribution in [0.4, 0.5) is 0 Å². The quantitative estimate of drug-likeness (QED) is 0.803. The summed E-state index contributed by atoms with van der Waals surface area (Å²) in [7, 11) is 1.64. The molecule has 0 aliphatic heterocycles. The number of hydrogen-bond acceptors (Lipinski definition) is 1. The van der Waals surface area contributed by atoms with Crippen molar-refractivity contribution in [3.05, 3.63) is 35.9 Å². The summed E-state index contributed by atoms with van der Waals surface area (Å²) < 4.78 is 0. The van der Waals surface area contributed by atoms with Crippen molar-refractivity contribution >= 4 is 21.8 Å². The molecule has 0 saturated carbocycles. The molecular weight excluding hydrogens is 230 g/mol. The van der Waals surface area contributed by atoms with Crippen molar-refractivity contribution in [3.63, 3.8) is 0 Å². The van der Waals surface area contributed by atoms with Gasteiger partial charge in [0, 0.05) is 7.05 Å². The van der Waals surface area contributed by atoms with E-state index in [9.17, 15) is 4.79 Å². The van der Waals surface area contributed by atoms with E-state index in [0.29, 0.717) is 0 Å². The molecule has 0 unspecified atom stereocenters. The summed E-state index contributed by atoms with van der Waals surface area (Å²) >= 11 is 3.33. The van der Waals surface area contributed by atoms with E-state index in [1.165, 1.54) is 0 Å². The van der Waals surface area contributed by atoms with Crippen molar-refractivity contribution in [2.45, 2.75) is 11.2 Å². The molecule has 0 bridgehead atoms. The second kappa shape index (κ2) is 5.02. The van der Waals surface area contributed by atoms with Gasteiger partial charge in [-0.05, 0) is 12.0 Å². The van der Waals surface area contributed by atoms with Gasteiger partial charge in [0.1, 0.15) is 0 Å². The lowest BCUT2D eigenvalue weighted by molar-refractivity contribution is -0.119. The van der Waals surface area contributed by atoms with Gasteiger partial charge in [-0.15, -0.1) is 0 Å². The summed E-state index contributed by atoms with van der Waals surface area (Å²) in [6.45, 7) is 0. The van der Waals surface area contributed by atoms with Crippen molar-refractivity contribution in [2.75, 3.05) is 7.05 Å². The minimum atomic E-state index is -0.139. The first-order chi connectivity index (χ1) is 6.24. The van der Waals surface area contributed by atoms with Gasteiger partial charge < -0.3 is 5.32 Å². The number of rotatable bonds is 3. The molecule has 1 N–H and O–H groups in total. The van der Waals surface area contributed by atoms with Gasteiger partial charge in [0.2, 0.25) is 5.91 Å². The van der Waals surface area contributed by atoms with Gasteiger partial charge in [0.25, 0.3) is 0 Å². The maximum Gasteiger partial charge on any atom is 0.233 e. The zero-order chi connectivity index (χ0) is 9.68. The number of alkyl halides is 1. The van der Waals surface area contributed by atoms with E-state index in [1.807, 2.05) is 30.3 Å². The Bertz CT molecular complexity index is 274. The molecule has 0 aliphatic carbocycles. The topological polar surface area (TPSA) is 29.1 Å². The molecule has 3 heteroatoms. The number of halogens is 1. The summed E-state index contributed by atoms with van der Waals surface area (Å²) in [4.78, 5) is 11.0. The van der Waals surface area contributed by atoms with Crippen molar-refractivity contribution in [1.82, 2.24) is 5.32 Å². The maximum absolute atomic E-state index is 11.2. The molecule has 0 saturated heterocycles. The largest absolute Gasteiger partial charge is 0.358 e. The van der Waals surface area contributed by atoms with E-state index in [1.54, 1.807) is 7.05 Å². The van der Waals surface area contributed by atoms with Crippen molar-refractivity contribution in [2.24, 2.45) is 0 Å². The van der Waals surface area contributed by atoms with Crippen LogP contribution >= 0.6 is 15.9 Å². The highest BCUT2D eigenvalue weighted by atomic mass is 79.9. The van der Waals surface area contributed by atoms with Gasteiger partial charge >= 0.3 is 0 Å². The molecule has 0 fully saturated rings. The van der Waals surface area contributed by atoms with E-state index in [-0.39, 0.29) is 10.7 Å². The number of nitrogens with one attached hydrogen (secondary N) is 1. The summed E-state index contributed by atoms with van der Waals surface area (Å²) in [6, 6.07) is 9.93. The second-order valence-electron chi connectivity index (χ2n) is 2.77. The Balaban J connectivity index is 2.55. The van der Waals surface area contributed by atoms with Gasteiger partial charge in [-0.25, -0.2) is 0 Å². The number of amides is 1. The molecule has 1 amide bonds. The third-order valence-corrected chi connectivity index (χ3v) is 2.53. The van der Waals surface area contributed by atoms with E-state index >= 15 is 0 Å². The molecule has 1 rings (SSSR count). The van der Waals surface area contributed by atoms with Crippen LogP contribution in [0.15, 0.2) is 30.3 Å². The predicted octanol–water partition coefficient (Wildman–Crippen LogP) is 1.74. The van der Waals surface area contributed by atoms with Crippen LogP contribution in [0.2, 0.25) is 0 Å². The number of carbonyl (C=O) groups excluding carboxylic acids is 1. The van der Waals surface area contributed by atoms with Gasteiger partial charge in [-0.1, -0.05) is 46.3 Å². The Labute approximate surface area is 86.5 Å². The van der Waals surface area contributed by atoms with Crippen molar-refractivity contribution in [3.8, 4) is 0 Å². The molecule has 70 valence electrons. The van der Waals surface area contributed by atoms with Crippen LogP contribution in [0, 0.1) is 0 Å². The van der Waals surface area contributed by atoms with Crippen LogP contribution in [0.3, 0.4) is 0 Å². The Morgan fingerprint density at radius 2 is 2.08 bits per heavy atom. The van der Waals surface area contributed by atoms with E-state index in [4.69, 9.17) is 0 Å². The molecule has 0 aromatic heterocycles. The predicted molar refractivity (Wildman–Crippen MR) is 56.9 cm³/mol. The standard InChI is InChI=1S/C10H12BrNO/c1-12-10(13)9(11)7-8-5-3-2-4-6-8/h2-6,9H,7H2,1H3,(H,12,13)/t9-/m1/s1. The van der Waals surface area contributed by atoms with Gasteiger partial charge in [-0.2, -0.15) is 0 Å². The average Bonchev–Trinajstić information content (AvgIpc) is 2.18. The van der Waals surface area contributed by atoms with Crippen LogP contribution in [-0.2, 0) is 11.2 Å². The lowest BCUT2D eigenvalue weighted by Gasteiger charge is -2.07. The summed E-state index contributed by atoms with van der Waals surface area (Å²) in [6.07, 6.45) is 0.723. The van der Waals surface area contributed by atoms with Gasteiger partial charge in [0.15, 0.2) is 0 Å². The number of hydrogen-bond donors (Lipinski definition) is 1. The summed E-state index contributed by atoms with van der Waals surface area (Å²) in [5.74, 6) is 0.0175. The molecule has 0 heterocycles.